The Morgan fingerprint density at radius 2 is 1.87 bits per heavy atom. The van der Waals surface area contributed by atoms with Crippen LogP contribution in [0, 0.1) is 11.8 Å². The van der Waals surface area contributed by atoms with Crippen molar-refractivity contribution >= 4 is 33.7 Å². The first-order valence-corrected chi connectivity index (χ1v) is 14.7. The number of nitrogens with zero attached hydrogens (tertiary/aromatic N) is 3. The summed E-state index contributed by atoms with van der Waals surface area (Å²) >= 11 is 3.74. The maximum atomic E-state index is 14.5. The number of hydrogen-bond acceptors (Lipinski definition) is 5. The standard InChI is InChI=1S/C30H40BrN3O5/c1-6-14-32(15-7-2)27(36)23-24-28(37)34(22(18-35)20-12-10-9-11-13-20)26(29(38)33(16-8-3)19(4)5)30(24)17-21(31)25(23)39-30/h6,8-13,19,21-26,35H,1,3,7,14-18H2,2,4-5H3/t21?,22-,23-,24+,25-,26?,30?/m1/s1. The normalized spacial score (nSPS) is 29.8. The molecule has 3 aliphatic rings. The van der Waals surface area contributed by atoms with Crippen molar-refractivity contribution in [1.82, 2.24) is 14.7 Å². The van der Waals surface area contributed by atoms with Crippen molar-refractivity contribution in [2.45, 2.75) is 68.3 Å². The minimum absolute atomic E-state index is 0.157. The maximum Gasteiger partial charge on any atom is 0.248 e. The molecule has 1 N–H and O–H groups in total. The number of benzene rings is 1. The fourth-order valence-electron chi connectivity index (χ4n) is 6.77. The second kappa shape index (κ2) is 11.9. The Morgan fingerprint density at radius 3 is 2.44 bits per heavy atom. The Hall–Kier alpha value is -2.49. The largest absolute Gasteiger partial charge is 0.394 e. The summed E-state index contributed by atoms with van der Waals surface area (Å²) in [6.45, 7) is 14.3. The molecule has 1 aromatic rings. The van der Waals surface area contributed by atoms with E-state index in [9.17, 15) is 19.5 Å². The first kappa shape index (κ1) is 29.5. The second-order valence-corrected chi connectivity index (χ2v) is 12.1. The van der Waals surface area contributed by atoms with Gasteiger partial charge in [-0.25, -0.2) is 0 Å². The molecular weight excluding hydrogens is 562 g/mol. The molecule has 0 aliphatic carbocycles. The first-order valence-electron chi connectivity index (χ1n) is 13.8. The van der Waals surface area contributed by atoms with Crippen molar-refractivity contribution in [2.75, 3.05) is 26.2 Å². The minimum atomic E-state index is -1.20. The lowest BCUT2D eigenvalue weighted by Gasteiger charge is -2.40. The third kappa shape index (κ3) is 4.87. The molecule has 0 aromatic heterocycles. The van der Waals surface area contributed by atoms with Gasteiger partial charge in [0.2, 0.25) is 17.7 Å². The number of carbonyl (C=O) groups is 3. The molecule has 1 spiro atoms. The zero-order valence-electron chi connectivity index (χ0n) is 23.0. The van der Waals surface area contributed by atoms with Crippen LogP contribution in [0.25, 0.3) is 0 Å². The lowest BCUT2D eigenvalue weighted by atomic mass is 9.70. The zero-order chi connectivity index (χ0) is 28.5. The number of carbonyl (C=O) groups excluding carboxylic acids is 3. The fraction of sp³-hybridized carbons (Fsp3) is 0.567. The van der Waals surface area contributed by atoms with E-state index < -0.39 is 35.6 Å². The summed E-state index contributed by atoms with van der Waals surface area (Å²) in [5, 5.41) is 10.6. The Morgan fingerprint density at radius 1 is 1.21 bits per heavy atom. The minimum Gasteiger partial charge on any atom is -0.394 e. The smallest absolute Gasteiger partial charge is 0.248 e. The monoisotopic (exact) mass is 601 g/mol. The molecule has 4 rings (SSSR count). The van der Waals surface area contributed by atoms with Crippen LogP contribution in [0.3, 0.4) is 0 Å². The Labute approximate surface area is 239 Å². The molecule has 1 aromatic carbocycles. The lowest BCUT2D eigenvalue weighted by molar-refractivity contribution is -0.153. The molecule has 0 saturated carbocycles. The number of halogens is 1. The van der Waals surface area contributed by atoms with Crippen molar-refractivity contribution < 1.29 is 24.2 Å². The van der Waals surface area contributed by atoms with Crippen LogP contribution in [0.2, 0.25) is 0 Å². The summed E-state index contributed by atoms with van der Waals surface area (Å²) < 4.78 is 6.67. The van der Waals surface area contributed by atoms with Crippen LogP contribution in [-0.4, -0.2) is 92.4 Å². The van der Waals surface area contributed by atoms with Crippen molar-refractivity contribution in [2.24, 2.45) is 11.8 Å². The van der Waals surface area contributed by atoms with Crippen molar-refractivity contribution in [3.8, 4) is 0 Å². The molecule has 3 saturated heterocycles. The van der Waals surface area contributed by atoms with Gasteiger partial charge in [-0.1, -0.05) is 65.3 Å². The molecule has 0 radical (unpaired) electrons. The summed E-state index contributed by atoms with van der Waals surface area (Å²) in [5.41, 5.74) is -0.481. The maximum absolute atomic E-state index is 14.5. The zero-order valence-corrected chi connectivity index (χ0v) is 24.6. The molecule has 3 heterocycles. The quantitative estimate of drug-likeness (QED) is 0.293. The molecule has 3 fully saturated rings. The van der Waals surface area contributed by atoms with E-state index in [-0.39, 0.29) is 35.2 Å². The number of hydrogen-bond donors (Lipinski definition) is 1. The highest BCUT2D eigenvalue weighted by Crippen LogP contribution is 2.61. The van der Waals surface area contributed by atoms with E-state index in [0.717, 1.165) is 12.0 Å². The third-order valence-electron chi connectivity index (χ3n) is 8.33. The number of aliphatic hydroxyl groups is 1. The molecule has 3 aliphatic heterocycles. The molecule has 3 unspecified atom stereocenters. The van der Waals surface area contributed by atoms with Gasteiger partial charge in [-0.2, -0.15) is 0 Å². The van der Waals surface area contributed by atoms with Crippen LogP contribution >= 0.6 is 15.9 Å². The van der Waals surface area contributed by atoms with Gasteiger partial charge in [-0.3, -0.25) is 14.4 Å². The number of likely N-dealkylation sites (tertiary alicyclic amines) is 1. The number of rotatable bonds is 12. The molecule has 39 heavy (non-hydrogen) atoms. The number of alkyl halides is 1. The van der Waals surface area contributed by atoms with E-state index >= 15 is 0 Å². The van der Waals surface area contributed by atoms with Crippen LogP contribution < -0.4 is 0 Å². The summed E-state index contributed by atoms with van der Waals surface area (Å²) in [4.78, 5) is 47.7. The van der Waals surface area contributed by atoms with Gasteiger partial charge in [-0.05, 0) is 32.3 Å². The molecule has 2 bridgehead atoms. The average molecular weight is 603 g/mol. The van der Waals surface area contributed by atoms with Gasteiger partial charge < -0.3 is 24.5 Å². The molecule has 8 nitrogen and oxygen atoms in total. The molecular formula is C30H40BrN3O5. The summed E-state index contributed by atoms with van der Waals surface area (Å²) in [5.74, 6) is -2.33. The van der Waals surface area contributed by atoms with Gasteiger partial charge in [0.15, 0.2) is 0 Å². The molecule has 7 atom stereocenters. The van der Waals surface area contributed by atoms with Gasteiger partial charge in [0.25, 0.3) is 0 Å². The highest BCUT2D eigenvalue weighted by Gasteiger charge is 2.77. The van der Waals surface area contributed by atoms with E-state index in [0.29, 0.717) is 26.1 Å². The predicted molar refractivity (Wildman–Crippen MR) is 153 cm³/mol. The Balaban J connectivity index is 1.87. The summed E-state index contributed by atoms with van der Waals surface area (Å²) in [7, 11) is 0. The van der Waals surface area contributed by atoms with Gasteiger partial charge in [0.05, 0.1) is 30.6 Å². The van der Waals surface area contributed by atoms with E-state index in [4.69, 9.17) is 4.74 Å². The van der Waals surface area contributed by atoms with Crippen molar-refractivity contribution in [1.29, 1.82) is 0 Å². The fourth-order valence-corrected chi connectivity index (χ4v) is 7.72. The second-order valence-electron chi connectivity index (χ2n) is 11.0. The Kier molecular flexibility index (Phi) is 9.03. The van der Waals surface area contributed by atoms with E-state index in [1.54, 1.807) is 22.0 Å². The summed E-state index contributed by atoms with van der Waals surface area (Å²) in [6, 6.07) is 7.30. The summed E-state index contributed by atoms with van der Waals surface area (Å²) in [6.07, 6.45) is 3.99. The highest BCUT2D eigenvalue weighted by atomic mass is 79.9. The van der Waals surface area contributed by atoms with Crippen LogP contribution in [0.15, 0.2) is 55.6 Å². The van der Waals surface area contributed by atoms with Crippen LogP contribution in [0.5, 0.6) is 0 Å². The predicted octanol–water partition coefficient (Wildman–Crippen LogP) is 3.32. The number of aliphatic hydroxyl groups excluding tert-OH is 1. The molecule has 9 heteroatoms. The first-order chi connectivity index (χ1) is 18.7. The number of amides is 3. The van der Waals surface area contributed by atoms with E-state index in [1.807, 2.05) is 51.1 Å². The topological polar surface area (TPSA) is 90.4 Å². The third-order valence-corrected chi connectivity index (χ3v) is 9.17. The van der Waals surface area contributed by atoms with Gasteiger partial charge >= 0.3 is 0 Å². The number of ether oxygens (including phenoxy) is 1. The highest BCUT2D eigenvalue weighted by molar-refractivity contribution is 9.09. The Bertz CT molecular complexity index is 1100. The van der Waals surface area contributed by atoms with Gasteiger partial charge in [0, 0.05) is 30.5 Å². The van der Waals surface area contributed by atoms with Crippen LogP contribution in [-0.2, 0) is 19.1 Å². The van der Waals surface area contributed by atoms with Crippen molar-refractivity contribution in [3.05, 3.63) is 61.2 Å². The molecule has 3 amide bonds. The lowest BCUT2D eigenvalue weighted by Crippen LogP contribution is -2.58. The van der Waals surface area contributed by atoms with Gasteiger partial charge in [-0.15, -0.1) is 13.2 Å². The van der Waals surface area contributed by atoms with E-state index in [2.05, 4.69) is 29.1 Å². The average Bonchev–Trinajstić information content (AvgIpc) is 3.51. The van der Waals surface area contributed by atoms with Crippen molar-refractivity contribution in [3.63, 3.8) is 0 Å². The molecule has 212 valence electrons. The SMILES string of the molecule is C=CCN(CCC)C(=O)[C@H]1[C@@H]2OC3(CC2Br)C(C(=O)N(CC=C)C(C)C)N([C@H](CO)c2ccccc2)C(=O)[C@H]13. The number of fused-ring (bicyclic) bond motifs is 1. The van der Waals surface area contributed by atoms with Gasteiger partial charge in [0.1, 0.15) is 11.6 Å². The van der Waals surface area contributed by atoms with E-state index in [1.165, 1.54) is 4.90 Å². The van der Waals surface area contributed by atoms with Crippen LogP contribution in [0.4, 0.5) is 0 Å². The van der Waals surface area contributed by atoms with Crippen LogP contribution in [0.1, 0.15) is 45.2 Å².